The second kappa shape index (κ2) is 3.95. The van der Waals surface area contributed by atoms with Gasteiger partial charge in [-0.2, -0.15) is 0 Å². The van der Waals surface area contributed by atoms with Crippen molar-refractivity contribution in [1.29, 1.82) is 0 Å². The van der Waals surface area contributed by atoms with E-state index >= 15 is 0 Å². The first-order chi connectivity index (χ1) is 7.16. The summed E-state index contributed by atoms with van der Waals surface area (Å²) in [4.78, 5) is 12.4. The predicted molar refractivity (Wildman–Crippen MR) is 61.3 cm³/mol. The molecule has 5 nitrogen and oxygen atoms in total. The molecule has 0 fully saturated rings. The number of nitrogens with two attached hydrogens (primary N) is 1. The number of carbonyl (C=O) groups excluding carboxylic acids is 1. The van der Waals surface area contributed by atoms with Crippen LogP contribution in [-0.2, 0) is 0 Å². The largest absolute Gasteiger partial charge is 0.374 e. The van der Waals surface area contributed by atoms with Gasteiger partial charge < -0.3 is 5.73 Å². The first-order valence-electron chi connectivity index (χ1n) is 4.11. The number of aryl methyl sites for hydroxylation is 1. The molecule has 7 heteroatoms. The van der Waals surface area contributed by atoms with Gasteiger partial charge in [0.1, 0.15) is 0 Å². The Balaban J connectivity index is 2.14. The van der Waals surface area contributed by atoms with E-state index in [1.165, 1.54) is 11.3 Å². The standard InChI is InChI=1S/C8H8N4OS2/c1-4-2-3-14-5(4)6(13)10-8-12-11-7(9)15-8/h2-3H,1H3,(H2,9,11)(H,10,12,13). The van der Waals surface area contributed by atoms with Crippen LogP contribution >= 0.6 is 22.7 Å². The Hall–Kier alpha value is -1.47. The number of hydrogen-bond acceptors (Lipinski definition) is 6. The van der Waals surface area contributed by atoms with Crippen molar-refractivity contribution in [2.45, 2.75) is 6.92 Å². The van der Waals surface area contributed by atoms with Crippen LogP contribution in [0, 0.1) is 6.92 Å². The zero-order valence-electron chi connectivity index (χ0n) is 7.85. The molecule has 0 bridgehead atoms. The van der Waals surface area contributed by atoms with Crippen molar-refractivity contribution in [3.05, 3.63) is 21.9 Å². The fraction of sp³-hybridized carbons (Fsp3) is 0.125. The molecule has 0 aliphatic heterocycles. The molecular formula is C8H8N4OS2. The van der Waals surface area contributed by atoms with E-state index in [2.05, 4.69) is 15.5 Å². The molecule has 0 saturated heterocycles. The molecule has 78 valence electrons. The van der Waals surface area contributed by atoms with Crippen molar-refractivity contribution in [1.82, 2.24) is 10.2 Å². The summed E-state index contributed by atoms with van der Waals surface area (Å²) >= 11 is 2.54. The van der Waals surface area contributed by atoms with E-state index in [4.69, 9.17) is 5.73 Å². The van der Waals surface area contributed by atoms with Gasteiger partial charge >= 0.3 is 0 Å². The average molecular weight is 240 g/mol. The third kappa shape index (κ3) is 2.13. The first-order valence-corrected chi connectivity index (χ1v) is 5.81. The van der Waals surface area contributed by atoms with Crippen molar-refractivity contribution in [2.75, 3.05) is 11.1 Å². The summed E-state index contributed by atoms with van der Waals surface area (Å²) in [5.74, 6) is -0.168. The molecule has 0 aliphatic rings. The van der Waals surface area contributed by atoms with Crippen LogP contribution in [0.5, 0.6) is 0 Å². The lowest BCUT2D eigenvalue weighted by Crippen LogP contribution is -2.10. The molecule has 0 aromatic carbocycles. The minimum Gasteiger partial charge on any atom is -0.374 e. The van der Waals surface area contributed by atoms with E-state index in [1.54, 1.807) is 0 Å². The van der Waals surface area contributed by atoms with Gasteiger partial charge in [-0.1, -0.05) is 11.3 Å². The maximum Gasteiger partial charge on any atom is 0.267 e. The SMILES string of the molecule is Cc1ccsc1C(=O)Nc1nnc(N)s1. The molecule has 2 heterocycles. The summed E-state index contributed by atoms with van der Waals surface area (Å²) in [6.07, 6.45) is 0. The highest BCUT2D eigenvalue weighted by Crippen LogP contribution is 2.20. The number of nitrogens with zero attached hydrogens (tertiary/aromatic N) is 2. The van der Waals surface area contributed by atoms with Crippen molar-refractivity contribution >= 4 is 38.8 Å². The number of hydrogen-bond donors (Lipinski definition) is 2. The Morgan fingerprint density at radius 3 is 2.87 bits per heavy atom. The fourth-order valence-corrected chi connectivity index (χ4v) is 2.37. The van der Waals surface area contributed by atoms with Crippen LogP contribution in [0.4, 0.5) is 10.3 Å². The molecule has 15 heavy (non-hydrogen) atoms. The van der Waals surface area contributed by atoms with Crippen LogP contribution in [0.25, 0.3) is 0 Å². The van der Waals surface area contributed by atoms with Gasteiger partial charge in [-0.05, 0) is 23.9 Å². The molecule has 0 spiro atoms. The van der Waals surface area contributed by atoms with E-state index in [9.17, 15) is 4.79 Å². The topological polar surface area (TPSA) is 80.9 Å². The number of amides is 1. The zero-order chi connectivity index (χ0) is 10.8. The van der Waals surface area contributed by atoms with Gasteiger partial charge in [0.2, 0.25) is 10.3 Å². The van der Waals surface area contributed by atoms with Crippen molar-refractivity contribution in [2.24, 2.45) is 0 Å². The number of nitrogens with one attached hydrogen (secondary N) is 1. The Kier molecular flexibility index (Phi) is 2.65. The quantitative estimate of drug-likeness (QED) is 0.837. The lowest BCUT2D eigenvalue weighted by molar-refractivity contribution is 0.103. The zero-order valence-corrected chi connectivity index (χ0v) is 9.48. The molecule has 0 radical (unpaired) electrons. The fourth-order valence-electron chi connectivity index (χ4n) is 1.04. The lowest BCUT2D eigenvalue weighted by Gasteiger charge is -1.98. The van der Waals surface area contributed by atoms with Gasteiger partial charge in [-0.25, -0.2) is 0 Å². The van der Waals surface area contributed by atoms with Crippen molar-refractivity contribution in [3.8, 4) is 0 Å². The Morgan fingerprint density at radius 2 is 2.33 bits per heavy atom. The summed E-state index contributed by atoms with van der Waals surface area (Å²) in [5, 5.41) is 12.6. The van der Waals surface area contributed by atoms with Crippen LogP contribution in [-0.4, -0.2) is 16.1 Å². The van der Waals surface area contributed by atoms with Crippen LogP contribution < -0.4 is 11.1 Å². The average Bonchev–Trinajstić information content (AvgIpc) is 2.75. The summed E-state index contributed by atoms with van der Waals surface area (Å²) in [5.41, 5.74) is 6.35. The molecule has 2 rings (SSSR count). The first kappa shape index (κ1) is 10.1. The summed E-state index contributed by atoms with van der Waals surface area (Å²) in [7, 11) is 0. The number of thiophene rings is 1. The lowest BCUT2D eigenvalue weighted by atomic mass is 10.3. The van der Waals surface area contributed by atoms with E-state index in [0.717, 1.165) is 16.9 Å². The highest BCUT2D eigenvalue weighted by atomic mass is 32.1. The van der Waals surface area contributed by atoms with Gasteiger partial charge in [0.15, 0.2) is 0 Å². The molecule has 2 aromatic rings. The number of aromatic nitrogens is 2. The van der Waals surface area contributed by atoms with Crippen molar-refractivity contribution < 1.29 is 4.79 Å². The van der Waals surface area contributed by atoms with Gasteiger partial charge in [-0.15, -0.1) is 21.5 Å². The number of nitrogen functional groups attached to an aromatic ring is 1. The van der Waals surface area contributed by atoms with Gasteiger partial charge in [0.25, 0.3) is 5.91 Å². The third-order valence-electron chi connectivity index (χ3n) is 1.73. The van der Waals surface area contributed by atoms with Gasteiger partial charge in [-0.3, -0.25) is 10.1 Å². The monoisotopic (exact) mass is 240 g/mol. The molecule has 0 unspecified atom stereocenters. The summed E-state index contributed by atoms with van der Waals surface area (Å²) < 4.78 is 0. The Morgan fingerprint density at radius 1 is 1.53 bits per heavy atom. The molecule has 2 aromatic heterocycles. The second-order valence-electron chi connectivity index (χ2n) is 2.83. The van der Waals surface area contributed by atoms with Crippen LogP contribution in [0.1, 0.15) is 15.2 Å². The van der Waals surface area contributed by atoms with Gasteiger partial charge in [0.05, 0.1) is 4.88 Å². The molecule has 0 saturated carbocycles. The number of carbonyl (C=O) groups is 1. The number of rotatable bonds is 2. The highest BCUT2D eigenvalue weighted by molar-refractivity contribution is 7.19. The van der Waals surface area contributed by atoms with Crippen LogP contribution in [0.2, 0.25) is 0 Å². The van der Waals surface area contributed by atoms with Crippen LogP contribution in [0.3, 0.4) is 0 Å². The maximum absolute atomic E-state index is 11.7. The van der Waals surface area contributed by atoms with Crippen molar-refractivity contribution in [3.63, 3.8) is 0 Å². The Labute approximate surface area is 94.0 Å². The smallest absolute Gasteiger partial charge is 0.267 e. The molecule has 0 atom stereocenters. The summed E-state index contributed by atoms with van der Waals surface area (Å²) in [6, 6.07) is 1.90. The third-order valence-corrected chi connectivity index (χ3v) is 3.41. The van der Waals surface area contributed by atoms with Crippen LogP contribution in [0.15, 0.2) is 11.4 Å². The minimum absolute atomic E-state index is 0.168. The van der Waals surface area contributed by atoms with Gasteiger partial charge in [0, 0.05) is 0 Å². The predicted octanol–water partition coefficient (Wildman–Crippen LogP) is 1.74. The Bertz CT molecular complexity index is 490. The van der Waals surface area contributed by atoms with E-state index in [1.807, 2.05) is 18.4 Å². The maximum atomic E-state index is 11.7. The van der Waals surface area contributed by atoms with E-state index < -0.39 is 0 Å². The molecular weight excluding hydrogens is 232 g/mol. The molecule has 1 amide bonds. The molecule has 0 aliphatic carbocycles. The normalized spacial score (nSPS) is 10.2. The second-order valence-corrected chi connectivity index (χ2v) is 4.76. The number of anilines is 2. The van der Waals surface area contributed by atoms with E-state index in [-0.39, 0.29) is 5.91 Å². The summed E-state index contributed by atoms with van der Waals surface area (Å²) in [6.45, 7) is 1.89. The van der Waals surface area contributed by atoms with E-state index in [0.29, 0.717) is 15.1 Å². The molecule has 3 N–H and O–H groups in total. The minimum atomic E-state index is -0.168. The highest BCUT2D eigenvalue weighted by Gasteiger charge is 2.12.